The summed E-state index contributed by atoms with van der Waals surface area (Å²) in [6.07, 6.45) is 0. The number of rotatable bonds is 5. The number of primary sulfonamides is 1. The molecule has 0 aliphatic rings. The lowest BCUT2D eigenvalue weighted by Gasteiger charge is -2.06. The Morgan fingerprint density at radius 1 is 1.26 bits per heavy atom. The average molecular weight is 279 g/mol. The van der Waals surface area contributed by atoms with Crippen LogP contribution in [0.4, 0.5) is 0 Å². The third-order valence-electron chi connectivity index (χ3n) is 2.79. The highest BCUT2D eigenvalue weighted by Crippen LogP contribution is 2.14. The first-order chi connectivity index (χ1) is 8.94. The van der Waals surface area contributed by atoms with Gasteiger partial charge in [0, 0.05) is 24.2 Å². The van der Waals surface area contributed by atoms with Crippen LogP contribution in [0.25, 0.3) is 10.9 Å². The molecule has 0 spiro atoms. The summed E-state index contributed by atoms with van der Waals surface area (Å²) in [7, 11) is -3.39. The molecule has 0 bridgehead atoms. The molecular formula is C13H17N3O2S. The molecule has 0 radical (unpaired) electrons. The van der Waals surface area contributed by atoms with Crippen molar-refractivity contribution in [1.29, 1.82) is 0 Å². The summed E-state index contributed by atoms with van der Waals surface area (Å²) >= 11 is 0. The summed E-state index contributed by atoms with van der Waals surface area (Å²) in [5.41, 5.74) is 3.05. The zero-order chi connectivity index (χ0) is 13.9. The van der Waals surface area contributed by atoms with Crippen molar-refractivity contribution in [3.8, 4) is 0 Å². The summed E-state index contributed by atoms with van der Waals surface area (Å²) < 4.78 is 21.6. The van der Waals surface area contributed by atoms with Crippen molar-refractivity contribution >= 4 is 20.9 Å². The maximum absolute atomic E-state index is 10.8. The Kier molecular flexibility index (Phi) is 4.14. The fourth-order valence-electron chi connectivity index (χ4n) is 1.83. The van der Waals surface area contributed by atoms with E-state index in [2.05, 4.69) is 10.3 Å². The summed E-state index contributed by atoms with van der Waals surface area (Å²) in [6.45, 7) is 2.92. The standard InChI is InChI=1S/C13H17N3O2S/c1-10-2-4-12-8-11(3-5-13(12)16-10)9-15-6-7-19(14,17)18/h2-5,8,15H,6-7,9H2,1H3,(H2,14,17,18). The van der Waals surface area contributed by atoms with E-state index in [0.717, 1.165) is 22.2 Å². The predicted molar refractivity (Wildman–Crippen MR) is 76.2 cm³/mol. The molecule has 3 N–H and O–H groups in total. The lowest BCUT2D eigenvalue weighted by molar-refractivity contribution is 0.592. The predicted octanol–water partition coefficient (Wildman–Crippen LogP) is 0.921. The van der Waals surface area contributed by atoms with Crippen LogP contribution in [-0.2, 0) is 16.6 Å². The van der Waals surface area contributed by atoms with Crippen LogP contribution in [0, 0.1) is 6.92 Å². The molecule has 6 heteroatoms. The van der Waals surface area contributed by atoms with Crippen LogP contribution in [0.1, 0.15) is 11.3 Å². The molecule has 0 atom stereocenters. The van der Waals surface area contributed by atoms with Gasteiger partial charge in [0.1, 0.15) is 0 Å². The number of nitrogens with zero attached hydrogens (tertiary/aromatic N) is 1. The zero-order valence-electron chi connectivity index (χ0n) is 10.8. The molecule has 2 aromatic rings. The van der Waals surface area contributed by atoms with E-state index < -0.39 is 10.0 Å². The summed E-state index contributed by atoms with van der Waals surface area (Å²) in [5.74, 6) is -0.0542. The Balaban J connectivity index is 2.00. The second-order valence-corrected chi connectivity index (χ2v) is 6.26. The van der Waals surface area contributed by atoms with Crippen molar-refractivity contribution < 1.29 is 8.42 Å². The van der Waals surface area contributed by atoms with Gasteiger partial charge in [-0.15, -0.1) is 0 Å². The molecule has 0 amide bonds. The van der Waals surface area contributed by atoms with Gasteiger partial charge < -0.3 is 5.32 Å². The third kappa shape index (κ3) is 4.27. The van der Waals surface area contributed by atoms with Crippen LogP contribution in [0.5, 0.6) is 0 Å². The molecule has 0 fully saturated rings. The van der Waals surface area contributed by atoms with Gasteiger partial charge in [0.2, 0.25) is 10.0 Å². The molecule has 1 heterocycles. The van der Waals surface area contributed by atoms with E-state index in [4.69, 9.17) is 5.14 Å². The SMILES string of the molecule is Cc1ccc2cc(CNCCS(N)(=O)=O)ccc2n1. The number of benzene rings is 1. The number of fused-ring (bicyclic) bond motifs is 1. The topological polar surface area (TPSA) is 85.1 Å². The van der Waals surface area contributed by atoms with Gasteiger partial charge in [-0.05, 0) is 30.7 Å². The third-order valence-corrected chi connectivity index (χ3v) is 3.56. The first-order valence-electron chi connectivity index (χ1n) is 6.01. The van der Waals surface area contributed by atoms with Gasteiger partial charge in [0.15, 0.2) is 0 Å². The maximum Gasteiger partial charge on any atom is 0.210 e. The first-order valence-corrected chi connectivity index (χ1v) is 7.73. The fraction of sp³-hybridized carbons (Fsp3) is 0.308. The Labute approximate surface area is 112 Å². The number of aryl methyl sites for hydroxylation is 1. The van der Waals surface area contributed by atoms with Crippen LogP contribution in [-0.4, -0.2) is 25.7 Å². The van der Waals surface area contributed by atoms with Gasteiger partial charge in [0.05, 0.1) is 11.3 Å². The molecule has 0 aliphatic heterocycles. The molecule has 19 heavy (non-hydrogen) atoms. The van der Waals surface area contributed by atoms with Gasteiger partial charge in [-0.3, -0.25) is 4.98 Å². The van der Waals surface area contributed by atoms with Crippen molar-refractivity contribution in [3.63, 3.8) is 0 Å². The van der Waals surface area contributed by atoms with Gasteiger partial charge in [-0.25, -0.2) is 13.6 Å². The monoisotopic (exact) mass is 279 g/mol. The Hall–Kier alpha value is -1.50. The van der Waals surface area contributed by atoms with Crippen LogP contribution in [0.15, 0.2) is 30.3 Å². The van der Waals surface area contributed by atoms with Crippen LogP contribution in [0.3, 0.4) is 0 Å². The quantitative estimate of drug-likeness (QED) is 0.797. The minimum Gasteiger partial charge on any atom is -0.312 e. The van der Waals surface area contributed by atoms with E-state index in [1.807, 2.05) is 37.3 Å². The molecule has 0 unspecified atom stereocenters. The van der Waals surface area contributed by atoms with Crippen molar-refractivity contribution in [1.82, 2.24) is 10.3 Å². The van der Waals surface area contributed by atoms with E-state index in [1.165, 1.54) is 0 Å². The molecule has 5 nitrogen and oxygen atoms in total. The molecule has 0 saturated heterocycles. The number of aromatic nitrogens is 1. The molecule has 102 valence electrons. The molecule has 0 aliphatic carbocycles. The van der Waals surface area contributed by atoms with E-state index in [0.29, 0.717) is 13.1 Å². The zero-order valence-corrected chi connectivity index (χ0v) is 11.6. The van der Waals surface area contributed by atoms with Crippen LogP contribution < -0.4 is 10.5 Å². The highest BCUT2D eigenvalue weighted by atomic mass is 32.2. The molecule has 0 saturated carbocycles. The van der Waals surface area contributed by atoms with E-state index in [-0.39, 0.29) is 5.75 Å². The highest BCUT2D eigenvalue weighted by Gasteiger charge is 2.02. The number of hydrogen-bond acceptors (Lipinski definition) is 4. The lowest BCUT2D eigenvalue weighted by Crippen LogP contribution is -2.26. The minimum atomic E-state index is -3.39. The molecule has 1 aromatic heterocycles. The second kappa shape index (κ2) is 5.64. The number of hydrogen-bond donors (Lipinski definition) is 2. The Morgan fingerprint density at radius 3 is 2.79 bits per heavy atom. The van der Waals surface area contributed by atoms with E-state index in [9.17, 15) is 8.42 Å². The number of pyridine rings is 1. The maximum atomic E-state index is 10.8. The summed E-state index contributed by atoms with van der Waals surface area (Å²) in [6, 6.07) is 10.0. The van der Waals surface area contributed by atoms with Crippen LogP contribution >= 0.6 is 0 Å². The van der Waals surface area contributed by atoms with Crippen molar-refractivity contribution in [2.75, 3.05) is 12.3 Å². The van der Waals surface area contributed by atoms with E-state index in [1.54, 1.807) is 0 Å². The second-order valence-electron chi connectivity index (χ2n) is 4.52. The number of sulfonamides is 1. The van der Waals surface area contributed by atoms with Crippen molar-refractivity contribution in [3.05, 3.63) is 41.6 Å². The average Bonchev–Trinajstić information content (AvgIpc) is 2.33. The fourth-order valence-corrected chi connectivity index (χ4v) is 2.26. The highest BCUT2D eigenvalue weighted by molar-refractivity contribution is 7.89. The molecule has 1 aromatic carbocycles. The smallest absolute Gasteiger partial charge is 0.210 e. The van der Waals surface area contributed by atoms with Gasteiger partial charge in [-0.2, -0.15) is 0 Å². The van der Waals surface area contributed by atoms with E-state index >= 15 is 0 Å². The van der Waals surface area contributed by atoms with Crippen molar-refractivity contribution in [2.45, 2.75) is 13.5 Å². The first kappa shape index (κ1) is 13.9. The summed E-state index contributed by atoms with van der Waals surface area (Å²) in [5, 5.41) is 9.06. The molecular weight excluding hydrogens is 262 g/mol. The number of nitrogens with two attached hydrogens (primary N) is 1. The van der Waals surface area contributed by atoms with Gasteiger partial charge in [-0.1, -0.05) is 12.1 Å². The van der Waals surface area contributed by atoms with Gasteiger partial charge in [0.25, 0.3) is 0 Å². The largest absolute Gasteiger partial charge is 0.312 e. The van der Waals surface area contributed by atoms with Crippen LogP contribution in [0.2, 0.25) is 0 Å². The summed E-state index contributed by atoms with van der Waals surface area (Å²) in [4.78, 5) is 4.43. The van der Waals surface area contributed by atoms with Crippen molar-refractivity contribution in [2.24, 2.45) is 5.14 Å². The molecule has 2 rings (SSSR count). The Bertz CT molecular complexity index is 683. The minimum absolute atomic E-state index is 0.0542. The number of nitrogens with one attached hydrogen (secondary N) is 1. The lowest BCUT2D eigenvalue weighted by atomic mass is 10.1. The van der Waals surface area contributed by atoms with Gasteiger partial charge >= 0.3 is 0 Å². The normalized spacial score (nSPS) is 11.9. The Morgan fingerprint density at radius 2 is 2.05 bits per heavy atom.